The first-order chi connectivity index (χ1) is 17.8. The fourth-order valence-corrected chi connectivity index (χ4v) is 4.49. The van der Waals surface area contributed by atoms with Crippen LogP contribution in [0.15, 0.2) is 36.4 Å². The molecule has 4 rings (SSSR count). The SMILES string of the molecule is [C-]#[N+]c1ccc(NC(=O)[C@H](O)[C@H]2OCCN(c3cc(C)cc(C(=O)N4CCOCC4)c3)C2=O)cc1CC. The molecule has 2 heterocycles. The number of anilines is 2. The number of carbonyl (C=O) groups excluding carboxylic acids is 3. The van der Waals surface area contributed by atoms with Gasteiger partial charge < -0.3 is 29.7 Å². The second kappa shape index (κ2) is 11.5. The first-order valence-corrected chi connectivity index (χ1v) is 12.2. The van der Waals surface area contributed by atoms with Crippen molar-refractivity contribution in [3.05, 3.63) is 64.5 Å². The minimum atomic E-state index is -1.75. The van der Waals surface area contributed by atoms with Crippen molar-refractivity contribution >= 4 is 34.8 Å². The zero-order chi connectivity index (χ0) is 26.5. The van der Waals surface area contributed by atoms with Crippen LogP contribution in [0.3, 0.4) is 0 Å². The van der Waals surface area contributed by atoms with Crippen molar-refractivity contribution in [2.24, 2.45) is 0 Å². The third-order valence-electron chi connectivity index (χ3n) is 6.44. The molecule has 10 nitrogen and oxygen atoms in total. The quantitative estimate of drug-likeness (QED) is 0.582. The number of nitrogens with zero attached hydrogens (tertiary/aromatic N) is 3. The molecule has 0 spiro atoms. The zero-order valence-corrected chi connectivity index (χ0v) is 20.9. The normalized spacial score (nSPS) is 18.8. The van der Waals surface area contributed by atoms with Gasteiger partial charge in [0.25, 0.3) is 17.7 Å². The van der Waals surface area contributed by atoms with E-state index in [-0.39, 0.29) is 19.1 Å². The van der Waals surface area contributed by atoms with E-state index in [4.69, 9.17) is 16.0 Å². The number of benzene rings is 2. The number of amides is 3. The topological polar surface area (TPSA) is 113 Å². The number of ether oxygens (including phenoxy) is 2. The van der Waals surface area contributed by atoms with Crippen molar-refractivity contribution < 1.29 is 29.0 Å². The molecule has 0 aliphatic carbocycles. The highest BCUT2D eigenvalue weighted by Crippen LogP contribution is 2.26. The molecule has 2 aliphatic heterocycles. The van der Waals surface area contributed by atoms with Crippen molar-refractivity contribution in [1.29, 1.82) is 0 Å². The molecule has 0 bridgehead atoms. The lowest BCUT2D eigenvalue weighted by Gasteiger charge is -2.34. The van der Waals surface area contributed by atoms with Crippen LogP contribution in [-0.4, -0.2) is 79.4 Å². The summed E-state index contributed by atoms with van der Waals surface area (Å²) in [7, 11) is 0. The monoisotopic (exact) mass is 506 g/mol. The van der Waals surface area contributed by atoms with Crippen molar-refractivity contribution in [3.63, 3.8) is 0 Å². The van der Waals surface area contributed by atoms with Crippen molar-refractivity contribution in [1.82, 2.24) is 4.90 Å². The van der Waals surface area contributed by atoms with E-state index in [1.165, 1.54) is 4.90 Å². The van der Waals surface area contributed by atoms with E-state index < -0.39 is 24.0 Å². The highest BCUT2D eigenvalue weighted by atomic mass is 16.5. The summed E-state index contributed by atoms with van der Waals surface area (Å²) in [5.74, 6) is -1.49. The van der Waals surface area contributed by atoms with Gasteiger partial charge in [0.15, 0.2) is 17.9 Å². The number of aliphatic hydroxyl groups excluding tert-OH is 1. The van der Waals surface area contributed by atoms with Crippen molar-refractivity contribution in [3.8, 4) is 0 Å². The molecule has 3 amide bonds. The Balaban J connectivity index is 1.49. The van der Waals surface area contributed by atoms with Crippen LogP contribution < -0.4 is 10.2 Å². The Morgan fingerprint density at radius 2 is 1.92 bits per heavy atom. The summed E-state index contributed by atoms with van der Waals surface area (Å²) < 4.78 is 10.8. The summed E-state index contributed by atoms with van der Waals surface area (Å²) >= 11 is 0. The Bertz CT molecular complexity index is 1230. The molecular formula is C27H30N4O6. The van der Waals surface area contributed by atoms with Gasteiger partial charge >= 0.3 is 0 Å². The number of morpholine rings is 2. The molecule has 37 heavy (non-hydrogen) atoms. The Morgan fingerprint density at radius 3 is 2.62 bits per heavy atom. The standard InChI is InChI=1S/C27H30N4O6/c1-4-18-15-20(5-6-22(18)28-3)29-25(33)23(32)24-27(35)31(9-12-37-24)21-14-17(2)13-19(16-21)26(34)30-7-10-36-11-8-30/h5-6,13-16,23-24,32H,4,7-12H2,1-2H3,(H,29,33)/t23-,24-/m1/s1. The molecule has 2 atom stereocenters. The first kappa shape index (κ1) is 26.3. The van der Waals surface area contributed by atoms with Gasteiger partial charge in [-0.1, -0.05) is 13.0 Å². The maximum Gasteiger partial charge on any atom is 0.259 e. The van der Waals surface area contributed by atoms with Crippen LogP contribution in [0, 0.1) is 13.5 Å². The molecular weight excluding hydrogens is 476 g/mol. The molecule has 194 valence electrons. The molecule has 0 aromatic heterocycles. The number of aliphatic hydroxyl groups is 1. The predicted octanol–water partition coefficient (Wildman–Crippen LogP) is 2.31. The van der Waals surface area contributed by atoms with Gasteiger partial charge in [0, 0.05) is 36.6 Å². The summed E-state index contributed by atoms with van der Waals surface area (Å²) in [5, 5.41) is 13.3. The number of aryl methyl sites for hydroxylation is 2. The van der Waals surface area contributed by atoms with Gasteiger partial charge in [-0.05, 0) is 54.8 Å². The molecule has 2 fully saturated rings. The molecule has 0 radical (unpaired) electrons. The lowest BCUT2D eigenvalue weighted by atomic mass is 10.1. The van der Waals surface area contributed by atoms with Gasteiger partial charge in [-0.15, -0.1) is 0 Å². The van der Waals surface area contributed by atoms with E-state index in [0.717, 1.165) is 11.1 Å². The van der Waals surface area contributed by atoms with Gasteiger partial charge in [0.1, 0.15) is 0 Å². The first-order valence-electron chi connectivity index (χ1n) is 12.2. The molecule has 2 aliphatic rings. The summed E-state index contributed by atoms with van der Waals surface area (Å²) in [4.78, 5) is 45.7. The second-order valence-electron chi connectivity index (χ2n) is 8.99. The summed E-state index contributed by atoms with van der Waals surface area (Å²) in [6.07, 6.45) is -2.55. The largest absolute Gasteiger partial charge is 0.380 e. The zero-order valence-electron chi connectivity index (χ0n) is 20.9. The van der Waals surface area contributed by atoms with E-state index in [2.05, 4.69) is 10.2 Å². The van der Waals surface area contributed by atoms with E-state index in [9.17, 15) is 19.5 Å². The Hall–Kier alpha value is -3.78. The minimum Gasteiger partial charge on any atom is -0.380 e. The van der Waals surface area contributed by atoms with Crippen LogP contribution in [-0.2, 0) is 25.5 Å². The van der Waals surface area contributed by atoms with Crippen LogP contribution in [0.5, 0.6) is 0 Å². The lowest BCUT2D eigenvalue weighted by Crippen LogP contribution is -2.55. The number of carbonyl (C=O) groups is 3. The summed E-state index contributed by atoms with van der Waals surface area (Å²) in [6.45, 7) is 13.3. The average molecular weight is 507 g/mol. The Morgan fingerprint density at radius 1 is 1.16 bits per heavy atom. The average Bonchev–Trinajstić information content (AvgIpc) is 2.92. The van der Waals surface area contributed by atoms with Crippen LogP contribution in [0.2, 0.25) is 0 Å². The van der Waals surface area contributed by atoms with Gasteiger partial charge in [-0.3, -0.25) is 14.4 Å². The third kappa shape index (κ3) is 5.80. The third-order valence-corrected chi connectivity index (χ3v) is 6.44. The highest BCUT2D eigenvalue weighted by molar-refractivity contribution is 6.04. The van der Waals surface area contributed by atoms with Crippen LogP contribution in [0.1, 0.15) is 28.4 Å². The second-order valence-corrected chi connectivity index (χ2v) is 8.99. The van der Waals surface area contributed by atoms with E-state index >= 15 is 0 Å². The van der Waals surface area contributed by atoms with Crippen molar-refractivity contribution in [2.45, 2.75) is 32.5 Å². The smallest absolute Gasteiger partial charge is 0.259 e. The van der Waals surface area contributed by atoms with E-state index in [1.807, 2.05) is 13.8 Å². The van der Waals surface area contributed by atoms with E-state index in [1.54, 1.807) is 41.3 Å². The number of rotatable bonds is 6. The van der Waals surface area contributed by atoms with Crippen molar-refractivity contribution in [2.75, 3.05) is 49.7 Å². The molecule has 2 aromatic rings. The van der Waals surface area contributed by atoms with Crippen LogP contribution >= 0.6 is 0 Å². The molecule has 2 saturated heterocycles. The molecule has 2 aromatic carbocycles. The minimum absolute atomic E-state index is 0.112. The molecule has 0 saturated carbocycles. The van der Waals surface area contributed by atoms with Gasteiger partial charge in [0.2, 0.25) is 0 Å². The Kier molecular flexibility index (Phi) is 8.18. The molecule has 10 heteroatoms. The Labute approximate surface area is 215 Å². The van der Waals surface area contributed by atoms with Gasteiger partial charge in [-0.2, -0.15) is 0 Å². The number of nitrogens with one attached hydrogen (secondary N) is 1. The molecule has 2 N–H and O–H groups in total. The summed E-state index contributed by atoms with van der Waals surface area (Å²) in [6, 6.07) is 10.1. The fraction of sp³-hybridized carbons (Fsp3) is 0.407. The van der Waals surface area contributed by atoms with Gasteiger partial charge in [0.05, 0.1) is 26.4 Å². The van der Waals surface area contributed by atoms with Crippen LogP contribution in [0.25, 0.3) is 4.85 Å². The summed E-state index contributed by atoms with van der Waals surface area (Å²) in [5.41, 5.74) is 3.44. The van der Waals surface area contributed by atoms with Gasteiger partial charge in [-0.25, -0.2) is 4.85 Å². The maximum absolute atomic E-state index is 13.3. The van der Waals surface area contributed by atoms with Crippen LogP contribution in [0.4, 0.5) is 17.1 Å². The predicted molar refractivity (Wildman–Crippen MR) is 137 cm³/mol. The van der Waals surface area contributed by atoms with E-state index in [0.29, 0.717) is 55.3 Å². The lowest BCUT2D eigenvalue weighted by molar-refractivity contribution is -0.150. The fourth-order valence-electron chi connectivity index (χ4n) is 4.49. The highest BCUT2D eigenvalue weighted by Gasteiger charge is 2.39. The molecule has 0 unspecified atom stereocenters. The number of hydrogen-bond donors (Lipinski definition) is 2. The maximum atomic E-state index is 13.3. The number of hydrogen-bond acceptors (Lipinski definition) is 6.